The number of nitrogens with zero attached hydrogens (tertiary/aromatic N) is 2. The zero-order chi connectivity index (χ0) is 9.68. The third kappa shape index (κ3) is 3.10. The monoisotopic (exact) mass is 189 g/mol. The highest BCUT2D eigenvalue weighted by atomic mass is 19.3. The minimum Gasteiger partial charge on any atom is -0.330 e. The Morgan fingerprint density at radius 2 is 2.31 bits per heavy atom. The van der Waals surface area contributed by atoms with Gasteiger partial charge in [0.25, 0.3) is 6.43 Å². The molecule has 5 heteroatoms. The van der Waals surface area contributed by atoms with Crippen LogP contribution in [0.2, 0.25) is 0 Å². The predicted octanol–water partition coefficient (Wildman–Crippen LogP) is 1.04. The average Bonchev–Trinajstić information content (AvgIpc) is 2.48. The second kappa shape index (κ2) is 4.91. The Hall–Kier alpha value is -0.970. The fourth-order valence-electron chi connectivity index (χ4n) is 1.15. The summed E-state index contributed by atoms with van der Waals surface area (Å²) < 4.78 is 25.5. The van der Waals surface area contributed by atoms with Gasteiger partial charge >= 0.3 is 0 Å². The molecule has 0 aromatic carbocycles. The van der Waals surface area contributed by atoms with E-state index >= 15 is 0 Å². The summed E-state index contributed by atoms with van der Waals surface area (Å²) in [7, 11) is 0. The molecule has 1 aromatic heterocycles. The van der Waals surface area contributed by atoms with E-state index in [9.17, 15) is 8.78 Å². The van der Waals surface area contributed by atoms with Crippen molar-refractivity contribution >= 4 is 0 Å². The maximum absolute atomic E-state index is 12.0. The van der Waals surface area contributed by atoms with Crippen molar-refractivity contribution in [3.63, 3.8) is 0 Å². The van der Waals surface area contributed by atoms with E-state index in [2.05, 4.69) is 4.98 Å². The number of nitrogens with two attached hydrogens (primary N) is 1. The van der Waals surface area contributed by atoms with E-state index in [-0.39, 0.29) is 6.54 Å². The fourth-order valence-corrected chi connectivity index (χ4v) is 1.15. The third-order valence-electron chi connectivity index (χ3n) is 1.77. The lowest BCUT2D eigenvalue weighted by Gasteiger charge is -2.05. The number of alkyl halides is 2. The van der Waals surface area contributed by atoms with E-state index in [1.165, 1.54) is 10.9 Å². The molecule has 13 heavy (non-hydrogen) atoms. The zero-order valence-corrected chi connectivity index (χ0v) is 7.29. The Morgan fingerprint density at radius 3 is 2.92 bits per heavy atom. The zero-order valence-electron chi connectivity index (χ0n) is 7.29. The Labute approximate surface area is 75.6 Å². The molecule has 1 rings (SSSR count). The van der Waals surface area contributed by atoms with Crippen LogP contribution < -0.4 is 5.73 Å². The smallest absolute Gasteiger partial charge is 0.256 e. The first-order valence-corrected chi connectivity index (χ1v) is 4.21. The minimum atomic E-state index is -2.33. The van der Waals surface area contributed by atoms with Gasteiger partial charge in [0.1, 0.15) is 0 Å². The molecule has 0 fully saturated rings. The van der Waals surface area contributed by atoms with Gasteiger partial charge in [-0.25, -0.2) is 13.8 Å². The van der Waals surface area contributed by atoms with Gasteiger partial charge in [0.15, 0.2) is 0 Å². The number of aryl methyl sites for hydroxylation is 1. The van der Waals surface area contributed by atoms with E-state index in [0.29, 0.717) is 13.0 Å². The molecule has 0 amide bonds. The maximum Gasteiger partial charge on any atom is 0.256 e. The standard InChI is InChI=1S/C8H13F2N3/c9-8(10)5-13-6-12-4-7(13)2-1-3-11/h4,6,8H,1-3,5,11H2. The first-order valence-electron chi connectivity index (χ1n) is 4.21. The molecule has 0 aliphatic heterocycles. The van der Waals surface area contributed by atoms with Gasteiger partial charge in [-0.2, -0.15) is 0 Å². The number of hydrogen-bond donors (Lipinski definition) is 1. The predicted molar refractivity (Wildman–Crippen MR) is 45.6 cm³/mol. The molecule has 0 saturated heterocycles. The molecule has 74 valence electrons. The lowest BCUT2D eigenvalue weighted by molar-refractivity contribution is 0.125. The van der Waals surface area contributed by atoms with Gasteiger partial charge < -0.3 is 10.3 Å². The summed E-state index contributed by atoms with van der Waals surface area (Å²) in [5, 5.41) is 0. The molecule has 0 spiro atoms. The van der Waals surface area contributed by atoms with Crippen LogP contribution in [0.3, 0.4) is 0 Å². The second-order valence-corrected chi connectivity index (χ2v) is 2.82. The molecule has 0 atom stereocenters. The van der Waals surface area contributed by atoms with Gasteiger partial charge in [-0.3, -0.25) is 0 Å². The van der Waals surface area contributed by atoms with Crippen molar-refractivity contribution in [2.45, 2.75) is 25.8 Å². The molecule has 2 N–H and O–H groups in total. The molecule has 0 aliphatic rings. The highest BCUT2D eigenvalue weighted by Gasteiger charge is 2.07. The molecule has 0 saturated carbocycles. The van der Waals surface area contributed by atoms with Crippen molar-refractivity contribution in [1.82, 2.24) is 9.55 Å². The average molecular weight is 189 g/mol. The number of imidazole rings is 1. The molecule has 3 nitrogen and oxygen atoms in total. The number of hydrogen-bond acceptors (Lipinski definition) is 2. The minimum absolute atomic E-state index is 0.278. The van der Waals surface area contributed by atoms with Gasteiger partial charge in [-0.15, -0.1) is 0 Å². The van der Waals surface area contributed by atoms with Crippen molar-refractivity contribution < 1.29 is 8.78 Å². The van der Waals surface area contributed by atoms with E-state index in [1.807, 2.05) is 0 Å². The largest absolute Gasteiger partial charge is 0.330 e. The summed E-state index contributed by atoms with van der Waals surface area (Å²) in [4.78, 5) is 3.82. The summed E-state index contributed by atoms with van der Waals surface area (Å²) in [6.45, 7) is 0.291. The van der Waals surface area contributed by atoms with Crippen molar-refractivity contribution in [3.8, 4) is 0 Å². The van der Waals surface area contributed by atoms with Crippen LogP contribution in [0.1, 0.15) is 12.1 Å². The Balaban J connectivity index is 2.55. The van der Waals surface area contributed by atoms with E-state index < -0.39 is 6.43 Å². The van der Waals surface area contributed by atoms with Crippen molar-refractivity contribution in [2.24, 2.45) is 5.73 Å². The van der Waals surface area contributed by atoms with Crippen LogP contribution >= 0.6 is 0 Å². The van der Waals surface area contributed by atoms with Gasteiger partial charge in [-0.05, 0) is 19.4 Å². The molecule has 1 heterocycles. The Bertz CT molecular complexity index is 247. The number of rotatable bonds is 5. The van der Waals surface area contributed by atoms with Crippen molar-refractivity contribution in [2.75, 3.05) is 6.54 Å². The Morgan fingerprint density at radius 1 is 1.54 bits per heavy atom. The topological polar surface area (TPSA) is 43.8 Å². The Kier molecular flexibility index (Phi) is 3.82. The van der Waals surface area contributed by atoms with Crippen LogP contribution in [0.4, 0.5) is 8.78 Å². The number of halogens is 2. The highest BCUT2D eigenvalue weighted by molar-refractivity contribution is 4.98. The van der Waals surface area contributed by atoms with Crippen LogP contribution in [-0.2, 0) is 13.0 Å². The van der Waals surface area contributed by atoms with Crippen molar-refractivity contribution in [3.05, 3.63) is 18.2 Å². The lowest BCUT2D eigenvalue weighted by Crippen LogP contribution is -2.10. The first-order chi connectivity index (χ1) is 6.24. The highest BCUT2D eigenvalue weighted by Crippen LogP contribution is 2.05. The molecular formula is C8H13F2N3. The lowest BCUT2D eigenvalue weighted by atomic mass is 10.2. The summed E-state index contributed by atoms with van der Waals surface area (Å²) >= 11 is 0. The molecule has 0 unspecified atom stereocenters. The summed E-state index contributed by atoms with van der Waals surface area (Å²) in [5.74, 6) is 0. The third-order valence-corrected chi connectivity index (χ3v) is 1.77. The quantitative estimate of drug-likeness (QED) is 0.752. The summed E-state index contributed by atoms with van der Waals surface area (Å²) in [5.41, 5.74) is 6.14. The van der Waals surface area contributed by atoms with E-state index in [4.69, 9.17) is 5.73 Å². The van der Waals surface area contributed by atoms with E-state index in [0.717, 1.165) is 12.1 Å². The van der Waals surface area contributed by atoms with Gasteiger partial charge in [-0.1, -0.05) is 0 Å². The van der Waals surface area contributed by atoms with Gasteiger partial charge in [0.05, 0.1) is 12.9 Å². The van der Waals surface area contributed by atoms with Crippen LogP contribution in [0.25, 0.3) is 0 Å². The fraction of sp³-hybridized carbons (Fsp3) is 0.625. The van der Waals surface area contributed by atoms with Crippen molar-refractivity contribution in [1.29, 1.82) is 0 Å². The van der Waals surface area contributed by atoms with E-state index in [1.54, 1.807) is 6.20 Å². The SMILES string of the molecule is NCCCc1cncn1CC(F)F. The van der Waals surface area contributed by atoms with Crippen LogP contribution in [-0.4, -0.2) is 22.5 Å². The molecular weight excluding hydrogens is 176 g/mol. The molecule has 0 bridgehead atoms. The normalized spacial score (nSPS) is 11.1. The van der Waals surface area contributed by atoms with Gasteiger partial charge in [0, 0.05) is 11.9 Å². The molecule has 0 radical (unpaired) electrons. The van der Waals surface area contributed by atoms with Crippen LogP contribution in [0.15, 0.2) is 12.5 Å². The first kappa shape index (κ1) is 10.1. The number of aromatic nitrogens is 2. The molecule has 1 aromatic rings. The van der Waals surface area contributed by atoms with Crippen LogP contribution in [0.5, 0.6) is 0 Å². The summed E-state index contributed by atoms with van der Waals surface area (Å²) in [6.07, 6.45) is 2.22. The van der Waals surface area contributed by atoms with Gasteiger partial charge in [0.2, 0.25) is 0 Å². The summed E-state index contributed by atoms with van der Waals surface area (Å²) in [6, 6.07) is 0. The molecule has 0 aliphatic carbocycles. The second-order valence-electron chi connectivity index (χ2n) is 2.82. The maximum atomic E-state index is 12.0. The van der Waals surface area contributed by atoms with Crippen LogP contribution in [0, 0.1) is 0 Å².